The molecule has 2 aromatic rings. The quantitative estimate of drug-likeness (QED) is 0.920. The summed E-state index contributed by atoms with van der Waals surface area (Å²) >= 11 is 0. The SMILES string of the molecule is Cc1ccc2nc(C)cc(C(=O)N3CCC[C@](O)(CN(C)C)CC3)c2c1. The van der Waals surface area contributed by atoms with Crippen LogP contribution in [0.25, 0.3) is 10.9 Å². The molecular formula is C21H29N3O2. The Hall–Kier alpha value is -1.98. The summed E-state index contributed by atoms with van der Waals surface area (Å²) in [5, 5.41) is 11.8. The van der Waals surface area contributed by atoms with Crippen LogP contribution >= 0.6 is 0 Å². The fraction of sp³-hybridized carbons (Fsp3) is 0.524. The first kappa shape index (κ1) is 18.8. The summed E-state index contributed by atoms with van der Waals surface area (Å²) in [7, 11) is 3.94. The van der Waals surface area contributed by atoms with Crippen molar-refractivity contribution in [1.82, 2.24) is 14.8 Å². The first-order chi connectivity index (χ1) is 12.3. The van der Waals surface area contributed by atoms with Crippen molar-refractivity contribution in [3.05, 3.63) is 41.1 Å². The number of aromatic nitrogens is 1. The normalized spacial score (nSPS) is 21.2. The Morgan fingerprint density at radius 2 is 2.00 bits per heavy atom. The molecule has 1 aliphatic rings. The Morgan fingerprint density at radius 3 is 2.73 bits per heavy atom. The van der Waals surface area contributed by atoms with Gasteiger partial charge in [-0.3, -0.25) is 9.78 Å². The molecule has 26 heavy (non-hydrogen) atoms. The lowest BCUT2D eigenvalue weighted by molar-refractivity contribution is 0.00305. The van der Waals surface area contributed by atoms with Crippen LogP contribution in [0.2, 0.25) is 0 Å². The highest BCUT2D eigenvalue weighted by molar-refractivity contribution is 6.06. The van der Waals surface area contributed by atoms with E-state index < -0.39 is 5.60 Å². The minimum atomic E-state index is -0.717. The van der Waals surface area contributed by atoms with Gasteiger partial charge in [-0.05, 0) is 65.4 Å². The predicted molar refractivity (Wildman–Crippen MR) is 104 cm³/mol. The molecule has 0 unspecified atom stereocenters. The molecule has 1 aromatic carbocycles. The lowest BCUT2D eigenvalue weighted by Crippen LogP contribution is -2.41. The highest BCUT2D eigenvalue weighted by Gasteiger charge is 2.32. The highest BCUT2D eigenvalue weighted by Crippen LogP contribution is 2.26. The van der Waals surface area contributed by atoms with Gasteiger partial charge in [-0.15, -0.1) is 0 Å². The van der Waals surface area contributed by atoms with E-state index in [-0.39, 0.29) is 5.91 Å². The van der Waals surface area contributed by atoms with Crippen LogP contribution in [0.5, 0.6) is 0 Å². The number of hydrogen-bond acceptors (Lipinski definition) is 4. The molecule has 140 valence electrons. The number of hydrogen-bond donors (Lipinski definition) is 1. The standard InChI is InChI=1S/C21H29N3O2/c1-15-6-7-19-17(12-15)18(13-16(2)22-19)20(25)24-10-5-8-21(26,9-11-24)14-23(3)4/h6-7,12-13,26H,5,8-11,14H2,1-4H3/t21-/m1/s1. The molecule has 1 aliphatic heterocycles. The van der Waals surface area contributed by atoms with E-state index in [0.29, 0.717) is 31.6 Å². The molecule has 3 rings (SSSR count). The minimum Gasteiger partial charge on any atom is -0.388 e. The number of rotatable bonds is 3. The minimum absolute atomic E-state index is 0.0419. The molecule has 2 heterocycles. The molecule has 0 spiro atoms. The van der Waals surface area contributed by atoms with Crippen LogP contribution in [0.4, 0.5) is 0 Å². The van der Waals surface area contributed by atoms with Gasteiger partial charge in [-0.2, -0.15) is 0 Å². The monoisotopic (exact) mass is 355 g/mol. The molecule has 1 saturated heterocycles. The van der Waals surface area contributed by atoms with Crippen LogP contribution in [0.15, 0.2) is 24.3 Å². The first-order valence-electron chi connectivity index (χ1n) is 9.32. The number of benzene rings is 1. The number of carbonyl (C=O) groups excluding carboxylic acids is 1. The van der Waals surface area contributed by atoms with E-state index >= 15 is 0 Å². The maximum Gasteiger partial charge on any atom is 0.254 e. The van der Waals surface area contributed by atoms with Gasteiger partial charge in [0.1, 0.15) is 0 Å². The summed E-state index contributed by atoms with van der Waals surface area (Å²) in [4.78, 5) is 21.7. The largest absolute Gasteiger partial charge is 0.388 e. The van der Waals surface area contributed by atoms with E-state index in [1.54, 1.807) is 0 Å². The van der Waals surface area contributed by atoms with Crippen molar-refractivity contribution in [3.8, 4) is 0 Å². The number of likely N-dealkylation sites (tertiary alicyclic amines) is 1. The van der Waals surface area contributed by atoms with Crippen LogP contribution in [-0.4, -0.2) is 65.1 Å². The van der Waals surface area contributed by atoms with Crippen molar-refractivity contribution in [2.75, 3.05) is 33.7 Å². The average molecular weight is 355 g/mol. The van der Waals surface area contributed by atoms with Gasteiger partial charge in [-0.25, -0.2) is 0 Å². The van der Waals surface area contributed by atoms with Crippen LogP contribution < -0.4 is 0 Å². The lowest BCUT2D eigenvalue weighted by atomic mass is 9.94. The summed E-state index contributed by atoms with van der Waals surface area (Å²) in [5.41, 5.74) is 2.83. The maximum absolute atomic E-state index is 13.3. The van der Waals surface area contributed by atoms with Crippen LogP contribution in [-0.2, 0) is 0 Å². The smallest absolute Gasteiger partial charge is 0.254 e. The van der Waals surface area contributed by atoms with Crippen molar-refractivity contribution in [2.24, 2.45) is 0 Å². The fourth-order valence-corrected chi connectivity index (χ4v) is 3.95. The number of likely N-dealkylation sites (N-methyl/N-ethyl adjacent to an activating group) is 1. The summed E-state index contributed by atoms with van der Waals surface area (Å²) in [6.45, 7) is 5.85. The van der Waals surface area contributed by atoms with Crippen LogP contribution in [0.1, 0.15) is 40.9 Å². The molecule has 0 radical (unpaired) electrons. The third-order valence-corrected chi connectivity index (χ3v) is 5.14. The van der Waals surface area contributed by atoms with E-state index in [0.717, 1.165) is 35.0 Å². The van der Waals surface area contributed by atoms with Gasteiger partial charge in [0.15, 0.2) is 0 Å². The fourth-order valence-electron chi connectivity index (χ4n) is 3.95. The molecular weight excluding hydrogens is 326 g/mol. The summed E-state index contributed by atoms with van der Waals surface area (Å²) in [5.74, 6) is 0.0419. The van der Waals surface area contributed by atoms with Crippen LogP contribution in [0.3, 0.4) is 0 Å². The Labute approximate surface area is 155 Å². The molecule has 1 fully saturated rings. The van der Waals surface area contributed by atoms with Gasteiger partial charge in [0.25, 0.3) is 5.91 Å². The van der Waals surface area contributed by atoms with E-state index in [4.69, 9.17) is 0 Å². The number of carbonyl (C=O) groups is 1. The van der Waals surface area contributed by atoms with Gasteiger partial charge < -0.3 is 14.9 Å². The third kappa shape index (κ3) is 4.05. The zero-order chi connectivity index (χ0) is 18.9. The second-order valence-electron chi connectivity index (χ2n) is 7.94. The van der Waals surface area contributed by atoms with Crippen molar-refractivity contribution in [3.63, 3.8) is 0 Å². The zero-order valence-corrected chi connectivity index (χ0v) is 16.2. The van der Waals surface area contributed by atoms with Crippen molar-refractivity contribution in [2.45, 2.75) is 38.7 Å². The number of aliphatic hydroxyl groups is 1. The molecule has 1 atom stereocenters. The lowest BCUT2D eigenvalue weighted by Gasteiger charge is -2.30. The summed E-state index contributed by atoms with van der Waals surface area (Å²) in [6, 6.07) is 7.93. The molecule has 0 saturated carbocycles. The molecule has 1 aromatic heterocycles. The summed E-state index contributed by atoms with van der Waals surface area (Å²) in [6.07, 6.45) is 2.15. The Morgan fingerprint density at radius 1 is 1.23 bits per heavy atom. The molecule has 1 N–H and O–H groups in total. The van der Waals surface area contributed by atoms with Crippen LogP contribution in [0, 0.1) is 13.8 Å². The number of fused-ring (bicyclic) bond motifs is 1. The maximum atomic E-state index is 13.3. The highest BCUT2D eigenvalue weighted by atomic mass is 16.3. The number of pyridine rings is 1. The summed E-state index contributed by atoms with van der Waals surface area (Å²) < 4.78 is 0. The first-order valence-corrected chi connectivity index (χ1v) is 9.32. The topological polar surface area (TPSA) is 56.7 Å². The van der Waals surface area contributed by atoms with Crippen molar-refractivity contribution >= 4 is 16.8 Å². The zero-order valence-electron chi connectivity index (χ0n) is 16.2. The van der Waals surface area contributed by atoms with E-state index in [1.807, 2.05) is 62.0 Å². The van der Waals surface area contributed by atoms with Gasteiger partial charge >= 0.3 is 0 Å². The number of amides is 1. The second-order valence-corrected chi connectivity index (χ2v) is 7.94. The average Bonchev–Trinajstić information content (AvgIpc) is 2.75. The van der Waals surface area contributed by atoms with Crippen molar-refractivity contribution < 1.29 is 9.90 Å². The molecule has 1 amide bonds. The van der Waals surface area contributed by atoms with E-state index in [9.17, 15) is 9.90 Å². The van der Waals surface area contributed by atoms with Gasteiger partial charge in [0.05, 0.1) is 16.7 Å². The number of nitrogens with zero attached hydrogens (tertiary/aromatic N) is 3. The Bertz CT molecular complexity index is 818. The number of aryl methyl sites for hydroxylation is 2. The van der Waals surface area contributed by atoms with Gasteiger partial charge in [-0.1, -0.05) is 11.6 Å². The van der Waals surface area contributed by atoms with Gasteiger partial charge in [0.2, 0.25) is 0 Å². The molecule has 5 heteroatoms. The third-order valence-electron chi connectivity index (χ3n) is 5.14. The predicted octanol–water partition coefficient (Wildman–Crippen LogP) is 2.77. The molecule has 5 nitrogen and oxygen atoms in total. The van der Waals surface area contributed by atoms with Gasteiger partial charge in [0, 0.05) is 30.7 Å². The Kier molecular flexibility index (Phi) is 5.30. The molecule has 0 aliphatic carbocycles. The van der Waals surface area contributed by atoms with Crippen molar-refractivity contribution in [1.29, 1.82) is 0 Å². The van der Waals surface area contributed by atoms with E-state index in [1.165, 1.54) is 0 Å². The van der Waals surface area contributed by atoms with E-state index in [2.05, 4.69) is 4.98 Å². The molecule has 0 bridgehead atoms. The Balaban J connectivity index is 1.88. The second kappa shape index (κ2) is 7.33.